The first kappa shape index (κ1) is 12.0. The first-order chi connectivity index (χ1) is 5.70. The van der Waals surface area contributed by atoms with Crippen molar-refractivity contribution in [2.24, 2.45) is 11.8 Å². The van der Waals surface area contributed by atoms with Gasteiger partial charge >= 0.3 is 0 Å². The second kappa shape index (κ2) is 7.60. The summed E-state index contributed by atoms with van der Waals surface area (Å²) in [6.45, 7) is 7.12. The maximum Gasteiger partial charge on any atom is 0.0433 e. The minimum absolute atomic E-state index is 0.361. The van der Waals surface area contributed by atoms with Crippen LogP contribution in [0.2, 0.25) is 0 Å². The number of hydrogen-bond acceptors (Lipinski definition) is 1. The predicted molar refractivity (Wildman–Crippen MR) is 54.2 cm³/mol. The molecule has 0 heterocycles. The summed E-state index contributed by atoms with van der Waals surface area (Å²) in [6.07, 6.45) is 6.18. The van der Waals surface area contributed by atoms with Crippen molar-refractivity contribution in [2.75, 3.05) is 6.61 Å². The highest BCUT2D eigenvalue weighted by molar-refractivity contribution is 4.57. The zero-order valence-corrected chi connectivity index (χ0v) is 8.84. The van der Waals surface area contributed by atoms with Crippen LogP contribution < -0.4 is 0 Å². The molecule has 12 heavy (non-hydrogen) atoms. The van der Waals surface area contributed by atoms with Gasteiger partial charge in [-0.05, 0) is 18.3 Å². The summed E-state index contributed by atoms with van der Waals surface area (Å²) >= 11 is 0. The van der Waals surface area contributed by atoms with E-state index in [2.05, 4.69) is 20.8 Å². The summed E-state index contributed by atoms with van der Waals surface area (Å²) < 4.78 is 0. The minimum atomic E-state index is 0.361. The highest BCUT2D eigenvalue weighted by Gasteiger charge is 2.05. The van der Waals surface area contributed by atoms with E-state index in [9.17, 15) is 0 Å². The molecule has 0 aromatic heterocycles. The zero-order chi connectivity index (χ0) is 9.40. The Morgan fingerprint density at radius 2 is 1.75 bits per heavy atom. The molecule has 0 aliphatic carbocycles. The van der Waals surface area contributed by atoms with Gasteiger partial charge < -0.3 is 5.11 Å². The van der Waals surface area contributed by atoms with Gasteiger partial charge in [-0.3, -0.25) is 0 Å². The van der Waals surface area contributed by atoms with Crippen molar-refractivity contribution in [1.29, 1.82) is 0 Å². The molecule has 1 nitrogen and oxygen atoms in total. The molecule has 0 saturated heterocycles. The fourth-order valence-corrected chi connectivity index (χ4v) is 1.55. The SMILES string of the molecule is CC[C@H](CCO)CCCC(C)C. The molecule has 0 fully saturated rings. The van der Waals surface area contributed by atoms with E-state index in [-0.39, 0.29) is 0 Å². The Balaban J connectivity index is 3.31. The molecule has 0 amide bonds. The van der Waals surface area contributed by atoms with E-state index in [4.69, 9.17) is 5.11 Å². The van der Waals surface area contributed by atoms with Crippen molar-refractivity contribution in [2.45, 2.75) is 52.9 Å². The van der Waals surface area contributed by atoms with E-state index < -0.39 is 0 Å². The maximum absolute atomic E-state index is 8.78. The summed E-state index contributed by atoms with van der Waals surface area (Å²) in [7, 11) is 0. The first-order valence-corrected chi connectivity index (χ1v) is 5.31. The Bertz CT molecular complexity index is 89.0. The van der Waals surface area contributed by atoms with Crippen LogP contribution in [0.5, 0.6) is 0 Å². The number of aliphatic hydroxyl groups is 1. The predicted octanol–water partition coefficient (Wildman–Crippen LogP) is 3.22. The van der Waals surface area contributed by atoms with Gasteiger partial charge in [-0.2, -0.15) is 0 Å². The summed E-state index contributed by atoms with van der Waals surface area (Å²) in [6, 6.07) is 0. The van der Waals surface area contributed by atoms with Gasteiger partial charge in [0.25, 0.3) is 0 Å². The lowest BCUT2D eigenvalue weighted by atomic mass is 9.94. The van der Waals surface area contributed by atoms with E-state index >= 15 is 0 Å². The second-order valence-corrected chi connectivity index (χ2v) is 4.11. The van der Waals surface area contributed by atoms with Gasteiger partial charge in [0.05, 0.1) is 0 Å². The van der Waals surface area contributed by atoms with Gasteiger partial charge in [0, 0.05) is 6.61 Å². The molecule has 1 atom stereocenters. The third kappa shape index (κ3) is 6.66. The topological polar surface area (TPSA) is 20.2 Å². The Morgan fingerprint density at radius 3 is 2.17 bits per heavy atom. The largest absolute Gasteiger partial charge is 0.396 e. The number of aliphatic hydroxyl groups excluding tert-OH is 1. The fraction of sp³-hybridized carbons (Fsp3) is 1.00. The summed E-state index contributed by atoms with van der Waals surface area (Å²) in [5.74, 6) is 1.59. The van der Waals surface area contributed by atoms with Gasteiger partial charge in [-0.25, -0.2) is 0 Å². The smallest absolute Gasteiger partial charge is 0.0433 e. The highest BCUT2D eigenvalue weighted by Crippen LogP contribution is 2.17. The van der Waals surface area contributed by atoms with Crippen molar-refractivity contribution in [3.63, 3.8) is 0 Å². The normalized spacial score (nSPS) is 13.8. The summed E-state index contributed by atoms with van der Waals surface area (Å²) in [5.41, 5.74) is 0. The number of hydrogen-bond donors (Lipinski definition) is 1. The molecule has 0 aromatic rings. The van der Waals surface area contributed by atoms with Gasteiger partial charge in [0.15, 0.2) is 0 Å². The van der Waals surface area contributed by atoms with Crippen molar-refractivity contribution >= 4 is 0 Å². The second-order valence-electron chi connectivity index (χ2n) is 4.11. The molecule has 0 unspecified atom stereocenters. The van der Waals surface area contributed by atoms with Crippen LogP contribution in [0.25, 0.3) is 0 Å². The molecule has 0 saturated carbocycles. The average Bonchev–Trinajstić information content (AvgIpc) is 2.02. The molecule has 0 bridgehead atoms. The Hall–Kier alpha value is -0.0400. The molecule has 74 valence electrons. The Kier molecular flexibility index (Phi) is 7.58. The average molecular weight is 172 g/mol. The fourth-order valence-electron chi connectivity index (χ4n) is 1.55. The van der Waals surface area contributed by atoms with Crippen LogP contribution in [0.1, 0.15) is 52.9 Å². The van der Waals surface area contributed by atoms with Gasteiger partial charge in [0.1, 0.15) is 0 Å². The van der Waals surface area contributed by atoms with Crippen LogP contribution >= 0.6 is 0 Å². The van der Waals surface area contributed by atoms with Crippen molar-refractivity contribution in [1.82, 2.24) is 0 Å². The summed E-state index contributed by atoms with van der Waals surface area (Å²) in [5, 5.41) is 8.78. The Morgan fingerprint density at radius 1 is 1.08 bits per heavy atom. The van der Waals surface area contributed by atoms with Crippen LogP contribution in [0, 0.1) is 11.8 Å². The van der Waals surface area contributed by atoms with E-state index in [1.807, 2.05) is 0 Å². The third-order valence-electron chi connectivity index (χ3n) is 2.51. The monoisotopic (exact) mass is 172 g/mol. The Labute approximate surface area is 77.2 Å². The van der Waals surface area contributed by atoms with Crippen LogP contribution in [-0.4, -0.2) is 11.7 Å². The lowest BCUT2D eigenvalue weighted by Gasteiger charge is -2.13. The standard InChI is InChI=1S/C11H24O/c1-4-11(8-9-12)7-5-6-10(2)3/h10-12H,4-9H2,1-3H3/t11-/m0/s1. The van der Waals surface area contributed by atoms with Crippen molar-refractivity contribution in [3.8, 4) is 0 Å². The highest BCUT2D eigenvalue weighted by atomic mass is 16.3. The van der Waals surface area contributed by atoms with Crippen molar-refractivity contribution in [3.05, 3.63) is 0 Å². The molecular formula is C11H24O. The molecule has 1 N–H and O–H groups in total. The van der Waals surface area contributed by atoms with Gasteiger partial charge in [-0.1, -0.05) is 46.5 Å². The zero-order valence-electron chi connectivity index (χ0n) is 8.84. The molecule has 0 aliphatic rings. The lowest BCUT2D eigenvalue weighted by Crippen LogP contribution is -2.02. The van der Waals surface area contributed by atoms with Gasteiger partial charge in [-0.15, -0.1) is 0 Å². The molecule has 0 aliphatic heterocycles. The van der Waals surface area contributed by atoms with E-state index in [0.29, 0.717) is 6.61 Å². The third-order valence-corrected chi connectivity index (χ3v) is 2.51. The van der Waals surface area contributed by atoms with E-state index in [1.165, 1.54) is 25.7 Å². The van der Waals surface area contributed by atoms with E-state index in [1.54, 1.807) is 0 Å². The molecular weight excluding hydrogens is 148 g/mol. The van der Waals surface area contributed by atoms with Crippen LogP contribution in [0.15, 0.2) is 0 Å². The van der Waals surface area contributed by atoms with E-state index in [0.717, 1.165) is 18.3 Å². The number of rotatable bonds is 7. The molecule has 0 aromatic carbocycles. The molecule has 0 radical (unpaired) electrons. The van der Waals surface area contributed by atoms with Gasteiger partial charge in [0.2, 0.25) is 0 Å². The molecule has 0 spiro atoms. The lowest BCUT2D eigenvalue weighted by molar-refractivity contribution is 0.246. The quantitative estimate of drug-likeness (QED) is 0.625. The first-order valence-electron chi connectivity index (χ1n) is 5.31. The van der Waals surface area contributed by atoms with Crippen LogP contribution in [-0.2, 0) is 0 Å². The van der Waals surface area contributed by atoms with Crippen LogP contribution in [0.4, 0.5) is 0 Å². The molecule has 1 heteroatoms. The summed E-state index contributed by atoms with van der Waals surface area (Å²) in [4.78, 5) is 0. The molecule has 0 rings (SSSR count). The minimum Gasteiger partial charge on any atom is -0.396 e. The van der Waals surface area contributed by atoms with Crippen LogP contribution in [0.3, 0.4) is 0 Å². The maximum atomic E-state index is 8.78. The van der Waals surface area contributed by atoms with Crippen molar-refractivity contribution < 1.29 is 5.11 Å².